The number of nitrogens with zero attached hydrogens (tertiary/aromatic N) is 4. The molecule has 1 heterocycles. The summed E-state index contributed by atoms with van der Waals surface area (Å²) in [5.74, 6) is 0.460. The number of hydrogen-bond donors (Lipinski definition) is 0. The van der Waals surface area contributed by atoms with Crippen LogP contribution in [0.3, 0.4) is 0 Å². The number of aromatic nitrogens is 3. The van der Waals surface area contributed by atoms with Crippen molar-refractivity contribution < 1.29 is 13.3 Å². The lowest BCUT2D eigenvalue weighted by Gasteiger charge is -2.00. The summed E-state index contributed by atoms with van der Waals surface area (Å²) >= 11 is 0. The van der Waals surface area contributed by atoms with Gasteiger partial charge in [0.15, 0.2) is 15.6 Å². The van der Waals surface area contributed by atoms with E-state index in [4.69, 9.17) is 4.84 Å². The van der Waals surface area contributed by atoms with Crippen molar-refractivity contribution in [3.63, 3.8) is 0 Å². The molecule has 0 aliphatic heterocycles. The maximum absolute atomic E-state index is 11.2. The second kappa shape index (κ2) is 5.61. The molecule has 0 aliphatic carbocycles. The van der Waals surface area contributed by atoms with Gasteiger partial charge in [-0.3, -0.25) is 0 Å². The highest BCUT2D eigenvalue weighted by Gasteiger charge is 2.06. The smallest absolute Gasteiger partial charge is 0.175 e. The lowest BCUT2D eigenvalue weighted by atomic mass is 10.3. The average Bonchev–Trinajstić information content (AvgIpc) is 2.87. The molecule has 0 saturated carbocycles. The number of oxime groups is 1. The van der Waals surface area contributed by atoms with Gasteiger partial charge in [0.05, 0.1) is 17.7 Å². The molecule has 0 bridgehead atoms. The zero-order valence-corrected chi connectivity index (χ0v) is 11.0. The summed E-state index contributed by atoms with van der Waals surface area (Å²) < 4.78 is 24.1. The Balaban J connectivity index is 1.91. The number of rotatable bonds is 5. The molecule has 0 radical (unpaired) electrons. The van der Waals surface area contributed by atoms with Crippen LogP contribution in [-0.4, -0.2) is 35.7 Å². The molecule has 8 heteroatoms. The SMILES string of the molecule is CS(=O)(=O)c1ccc(O/N=C/Cn2cncn2)cc1. The fraction of sp³-hybridized carbons (Fsp3) is 0.182. The molecule has 0 aliphatic rings. The summed E-state index contributed by atoms with van der Waals surface area (Å²) in [6, 6.07) is 6.03. The van der Waals surface area contributed by atoms with Crippen LogP contribution in [0.4, 0.5) is 0 Å². The standard InChI is InChI=1S/C11H12N4O3S/c1-19(16,17)11-4-2-10(3-5-11)18-14-6-7-15-9-12-8-13-15/h2-6,8-9H,7H2,1H3/b14-6+. The van der Waals surface area contributed by atoms with Gasteiger partial charge < -0.3 is 4.84 Å². The van der Waals surface area contributed by atoms with Gasteiger partial charge in [-0.15, -0.1) is 0 Å². The lowest BCUT2D eigenvalue weighted by molar-refractivity contribution is 0.341. The quantitative estimate of drug-likeness (QED) is 0.595. The fourth-order valence-corrected chi connectivity index (χ4v) is 1.92. The van der Waals surface area contributed by atoms with Crippen molar-refractivity contribution in [2.45, 2.75) is 11.4 Å². The van der Waals surface area contributed by atoms with Crippen LogP contribution in [0.15, 0.2) is 47.0 Å². The van der Waals surface area contributed by atoms with Crippen LogP contribution < -0.4 is 4.84 Å². The van der Waals surface area contributed by atoms with E-state index in [0.29, 0.717) is 12.3 Å². The van der Waals surface area contributed by atoms with E-state index in [2.05, 4.69) is 15.2 Å². The van der Waals surface area contributed by atoms with Gasteiger partial charge in [-0.05, 0) is 24.3 Å². The van der Waals surface area contributed by atoms with Gasteiger partial charge in [-0.2, -0.15) is 5.10 Å². The molecular formula is C11H12N4O3S. The molecular weight excluding hydrogens is 268 g/mol. The normalized spacial score (nSPS) is 11.8. The van der Waals surface area contributed by atoms with Gasteiger partial charge in [0.1, 0.15) is 12.7 Å². The Bertz CT molecular complexity index is 648. The molecule has 0 N–H and O–H groups in total. The largest absolute Gasteiger partial charge is 0.357 e. The molecule has 0 amide bonds. The van der Waals surface area contributed by atoms with E-state index in [1.807, 2.05) is 0 Å². The van der Waals surface area contributed by atoms with E-state index >= 15 is 0 Å². The minimum atomic E-state index is -3.19. The minimum Gasteiger partial charge on any atom is -0.357 e. The molecule has 2 aromatic rings. The number of sulfone groups is 1. The molecule has 0 spiro atoms. The third-order valence-electron chi connectivity index (χ3n) is 2.22. The summed E-state index contributed by atoms with van der Waals surface area (Å²) in [6.45, 7) is 0.446. The Morgan fingerprint density at radius 2 is 2.11 bits per heavy atom. The zero-order chi connectivity index (χ0) is 13.7. The zero-order valence-electron chi connectivity index (χ0n) is 10.2. The molecule has 1 aromatic carbocycles. The third kappa shape index (κ3) is 3.88. The van der Waals surface area contributed by atoms with Crippen LogP contribution in [0.25, 0.3) is 0 Å². The van der Waals surface area contributed by atoms with Gasteiger partial charge in [0.25, 0.3) is 0 Å². The molecule has 2 rings (SSSR count). The minimum absolute atomic E-state index is 0.242. The summed E-state index contributed by atoms with van der Waals surface area (Å²) in [5.41, 5.74) is 0. The van der Waals surface area contributed by atoms with Crippen molar-refractivity contribution in [1.82, 2.24) is 14.8 Å². The molecule has 100 valence electrons. The van der Waals surface area contributed by atoms with Crippen LogP contribution in [0.1, 0.15) is 0 Å². The molecule has 0 saturated heterocycles. The molecule has 0 unspecified atom stereocenters. The van der Waals surface area contributed by atoms with E-state index in [-0.39, 0.29) is 4.90 Å². The second-order valence-corrected chi connectivity index (χ2v) is 5.76. The Morgan fingerprint density at radius 3 is 2.68 bits per heavy atom. The van der Waals surface area contributed by atoms with Crippen molar-refractivity contribution in [3.05, 3.63) is 36.9 Å². The molecule has 19 heavy (non-hydrogen) atoms. The summed E-state index contributed by atoms with van der Waals surface area (Å²) in [7, 11) is -3.19. The first-order valence-electron chi connectivity index (χ1n) is 5.37. The number of benzene rings is 1. The van der Waals surface area contributed by atoms with E-state index in [9.17, 15) is 8.42 Å². The van der Waals surface area contributed by atoms with Gasteiger partial charge in [-0.25, -0.2) is 18.1 Å². The molecule has 0 atom stereocenters. The maximum Gasteiger partial charge on any atom is 0.175 e. The van der Waals surface area contributed by atoms with Crippen LogP contribution in [0, 0.1) is 0 Å². The second-order valence-electron chi connectivity index (χ2n) is 3.74. The third-order valence-corrected chi connectivity index (χ3v) is 3.35. The Labute approximate surface area is 110 Å². The maximum atomic E-state index is 11.2. The van der Waals surface area contributed by atoms with Gasteiger partial charge >= 0.3 is 0 Å². The predicted octanol–water partition coefficient (Wildman–Crippen LogP) is 0.746. The van der Waals surface area contributed by atoms with E-state index in [1.165, 1.54) is 24.7 Å². The van der Waals surface area contributed by atoms with E-state index in [0.717, 1.165) is 6.26 Å². The van der Waals surface area contributed by atoms with Crippen LogP contribution >= 0.6 is 0 Å². The van der Waals surface area contributed by atoms with Crippen molar-refractivity contribution in [2.24, 2.45) is 5.16 Å². The molecule has 1 aromatic heterocycles. The van der Waals surface area contributed by atoms with Crippen LogP contribution in [0.5, 0.6) is 5.75 Å². The highest BCUT2D eigenvalue weighted by molar-refractivity contribution is 7.90. The highest BCUT2D eigenvalue weighted by atomic mass is 32.2. The Morgan fingerprint density at radius 1 is 1.37 bits per heavy atom. The van der Waals surface area contributed by atoms with Gasteiger partial charge in [0, 0.05) is 6.26 Å². The Kier molecular flexibility index (Phi) is 3.91. The van der Waals surface area contributed by atoms with Crippen molar-refractivity contribution in [3.8, 4) is 5.75 Å². The first kappa shape index (κ1) is 13.2. The topological polar surface area (TPSA) is 86.4 Å². The lowest BCUT2D eigenvalue weighted by Crippen LogP contribution is -2.00. The molecule has 0 fully saturated rings. The van der Waals surface area contributed by atoms with Crippen molar-refractivity contribution >= 4 is 16.1 Å². The average molecular weight is 280 g/mol. The summed E-state index contributed by atoms with van der Waals surface area (Å²) in [5, 5.41) is 7.64. The van der Waals surface area contributed by atoms with Crippen molar-refractivity contribution in [2.75, 3.05) is 6.26 Å². The highest BCUT2D eigenvalue weighted by Crippen LogP contribution is 2.15. The van der Waals surface area contributed by atoms with Gasteiger partial charge in [-0.1, -0.05) is 5.16 Å². The first-order valence-corrected chi connectivity index (χ1v) is 7.26. The first-order chi connectivity index (χ1) is 9.05. The van der Waals surface area contributed by atoms with Crippen molar-refractivity contribution in [1.29, 1.82) is 0 Å². The monoisotopic (exact) mass is 280 g/mol. The van der Waals surface area contributed by atoms with E-state index in [1.54, 1.807) is 23.1 Å². The Hall–Kier alpha value is -2.22. The fourth-order valence-electron chi connectivity index (χ4n) is 1.29. The van der Waals surface area contributed by atoms with Crippen LogP contribution in [0.2, 0.25) is 0 Å². The molecule has 7 nitrogen and oxygen atoms in total. The van der Waals surface area contributed by atoms with E-state index < -0.39 is 9.84 Å². The van der Waals surface area contributed by atoms with Gasteiger partial charge in [0.2, 0.25) is 0 Å². The summed E-state index contributed by atoms with van der Waals surface area (Å²) in [6.07, 6.45) is 5.67. The predicted molar refractivity (Wildman–Crippen MR) is 68.7 cm³/mol. The van der Waals surface area contributed by atoms with Crippen LogP contribution in [-0.2, 0) is 16.4 Å². The summed E-state index contributed by atoms with van der Waals surface area (Å²) in [4.78, 5) is 9.11. The number of hydrogen-bond acceptors (Lipinski definition) is 6.